The maximum absolute atomic E-state index is 11.5. The zero-order valence-corrected chi connectivity index (χ0v) is 9.69. The van der Waals surface area contributed by atoms with Crippen LogP contribution in [0.4, 0.5) is 0 Å². The number of rotatable bonds is 4. The fourth-order valence-electron chi connectivity index (χ4n) is 0.856. The van der Waals surface area contributed by atoms with E-state index in [2.05, 4.69) is 0 Å². The van der Waals surface area contributed by atoms with E-state index < -0.39 is 0 Å². The maximum atomic E-state index is 11.5. The van der Waals surface area contributed by atoms with Crippen molar-refractivity contribution in [3.63, 3.8) is 0 Å². The third-order valence-corrected chi connectivity index (χ3v) is 2.85. The lowest BCUT2D eigenvalue weighted by molar-refractivity contribution is -0.123. The summed E-state index contributed by atoms with van der Waals surface area (Å²) in [5.41, 5.74) is -0.226. The number of ketones is 1. The van der Waals surface area contributed by atoms with Gasteiger partial charge in [0, 0.05) is 5.41 Å². The summed E-state index contributed by atoms with van der Waals surface area (Å²) >= 11 is 1.60. The molecule has 0 saturated carbocycles. The molecule has 0 bridgehead atoms. The summed E-state index contributed by atoms with van der Waals surface area (Å²) in [5, 5.41) is 0. The quantitative estimate of drug-likeness (QED) is 0.768. The van der Waals surface area contributed by atoms with Crippen molar-refractivity contribution in [3.8, 4) is 0 Å². The Morgan fingerprint density at radius 1 is 1.50 bits per heavy atom. The van der Waals surface area contributed by atoms with Gasteiger partial charge in [-0.3, -0.25) is 4.79 Å². The van der Waals surface area contributed by atoms with Crippen molar-refractivity contribution in [1.29, 1.82) is 0 Å². The first-order valence-electron chi connectivity index (χ1n) is 4.63. The average molecular weight is 212 g/mol. The Labute approximate surface area is 89.1 Å². The minimum Gasteiger partial charge on any atom is -0.468 e. The molecule has 0 amide bonds. The maximum Gasteiger partial charge on any atom is 0.148 e. The number of hydrogen-bond donors (Lipinski definition) is 0. The van der Waals surface area contributed by atoms with Crippen LogP contribution in [0.1, 0.15) is 26.5 Å². The average Bonchev–Trinajstić information content (AvgIpc) is 2.55. The van der Waals surface area contributed by atoms with Gasteiger partial charge in [0.15, 0.2) is 0 Å². The van der Waals surface area contributed by atoms with Crippen molar-refractivity contribution >= 4 is 17.5 Å². The first-order chi connectivity index (χ1) is 6.50. The minimum absolute atomic E-state index is 0.226. The molecule has 0 saturated heterocycles. The van der Waals surface area contributed by atoms with Crippen LogP contribution < -0.4 is 0 Å². The molecule has 0 aliphatic carbocycles. The monoisotopic (exact) mass is 212 g/mol. The Morgan fingerprint density at radius 3 is 2.71 bits per heavy atom. The van der Waals surface area contributed by atoms with Crippen LogP contribution in [0.25, 0.3) is 0 Å². The fourth-order valence-corrected chi connectivity index (χ4v) is 1.94. The highest BCUT2D eigenvalue weighted by atomic mass is 32.2. The molecule has 0 aliphatic rings. The molecule has 14 heavy (non-hydrogen) atoms. The second kappa shape index (κ2) is 4.69. The van der Waals surface area contributed by atoms with E-state index >= 15 is 0 Å². The summed E-state index contributed by atoms with van der Waals surface area (Å²) in [6, 6.07) is 3.79. The van der Waals surface area contributed by atoms with Gasteiger partial charge < -0.3 is 4.42 Å². The van der Waals surface area contributed by atoms with E-state index in [9.17, 15) is 4.79 Å². The molecule has 0 spiro atoms. The van der Waals surface area contributed by atoms with Crippen molar-refractivity contribution < 1.29 is 9.21 Å². The summed E-state index contributed by atoms with van der Waals surface area (Å²) < 4.78 is 5.17. The van der Waals surface area contributed by atoms with Crippen LogP contribution in [-0.2, 0) is 10.5 Å². The molecule has 1 heterocycles. The highest BCUT2D eigenvalue weighted by Gasteiger charge is 2.20. The Bertz CT molecular complexity index is 283. The lowest BCUT2D eigenvalue weighted by Gasteiger charge is -2.15. The lowest BCUT2D eigenvalue weighted by Crippen LogP contribution is -2.22. The molecule has 1 aromatic rings. The predicted molar refractivity (Wildman–Crippen MR) is 59.3 cm³/mol. The van der Waals surface area contributed by atoms with Gasteiger partial charge in [-0.1, -0.05) is 20.8 Å². The standard InChI is InChI=1S/C11H16O2S/c1-11(2,3)10(12)8-14-7-9-5-4-6-13-9/h4-6H,7-8H2,1-3H3. The van der Waals surface area contributed by atoms with Gasteiger partial charge in [0.2, 0.25) is 0 Å². The number of carbonyl (C=O) groups is 1. The summed E-state index contributed by atoms with van der Waals surface area (Å²) in [5.74, 6) is 2.55. The molecule has 2 nitrogen and oxygen atoms in total. The van der Waals surface area contributed by atoms with E-state index in [1.54, 1.807) is 18.0 Å². The van der Waals surface area contributed by atoms with Crippen molar-refractivity contribution in [2.24, 2.45) is 5.41 Å². The zero-order valence-electron chi connectivity index (χ0n) is 8.87. The Balaban J connectivity index is 2.26. The smallest absolute Gasteiger partial charge is 0.148 e. The highest BCUT2D eigenvalue weighted by molar-refractivity contribution is 7.99. The van der Waals surface area contributed by atoms with Crippen LogP contribution in [0.15, 0.2) is 22.8 Å². The molecule has 0 aliphatic heterocycles. The Morgan fingerprint density at radius 2 is 2.21 bits per heavy atom. The van der Waals surface area contributed by atoms with Crippen molar-refractivity contribution in [3.05, 3.63) is 24.2 Å². The normalized spacial score (nSPS) is 11.6. The largest absolute Gasteiger partial charge is 0.468 e. The van der Waals surface area contributed by atoms with Crippen LogP contribution in [0.3, 0.4) is 0 Å². The Kier molecular flexibility index (Phi) is 3.81. The molecule has 0 radical (unpaired) electrons. The van der Waals surface area contributed by atoms with Crippen molar-refractivity contribution in [2.75, 3.05) is 5.75 Å². The van der Waals surface area contributed by atoms with Gasteiger partial charge in [-0.05, 0) is 12.1 Å². The van der Waals surface area contributed by atoms with Gasteiger partial charge in [-0.15, -0.1) is 11.8 Å². The highest BCUT2D eigenvalue weighted by Crippen LogP contribution is 2.20. The molecule has 0 unspecified atom stereocenters. The van der Waals surface area contributed by atoms with Gasteiger partial charge in [0.1, 0.15) is 11.5 Å². The van der Waals surface area contributed by atoms with E-state index in [1.165, 1.54) is 0 Å². The third-order valence-electron chi connectivity index (χ3n) is 1.89. The Hall–Kier alpha value is -0.700. The number of furan rings is 1. The summed E-state index contributed by atoms with van der Waals surface area (Å²) in [6.07, 6.45) is 1.65. The topological polar surface area (TPSA) is 30.2 Å². The molecule has 1 aromatic heterocycles. The van der Waals surface area contributed by atoms with Gasteiger partial charge in [0.05, 0.1) is 17.8 Å². The van der Waals surface area contributed by atoms with E-state index in [4.69, 9.17) is 4.42 Å². The molecule has 1 rings (SSSR count). The van der Waals surface area contributed by atoms with Gasteiger partial charge >= 0.3 is 0 Å². The minimum atomic E-state index is -0.226. The summed E-state index contributed by atoms with van der Waals surface area (Å²) in [6.45, 7) is 5.84. The number of carbonyl (C=O) groups excluding carboxylic acids is 1. The summed E-state index contributed by atoms with van der Waals surface area (Å²) in [4.78, 5) is 11.5. The first kappa shape index (κ1) is 11.4. The molecule has 78 valence electrons. The van der Waals surface area contributed by atoms with Gasteiger partial charge in [0.25, 0.3) is 0 Å². The van der Waals surface area contributed by atoms with Crippen LogP contribution >= 0.6 is 11.8 Å². The molecule has 3 heteroatoms. The summed E-state index contributed by atoms with van der Waals surface area (Å²) in [7, 11) is 0. The molecule has 0 fully saturated rings. The van der Waals surface area contributed by atoms with Crippen LogP contribution in [-0.4, -0.2) is 11.5 Å². The van der Waals surface area contributed by atoms with Gasteiger partial charge in [-0.25, -0.2) is 0 Å². The second-order valence-electron chi connectivity index (χ2n) is 4.25. The third kappa shape index (κ3) is 3.58. The van der Waals surface area contributed by atoms with E-state index in [1.807, 2.05) is 32.9 Å². The molecule has 0 aromatic carbocycles. The van der Waals surface area contributed by atoms with E-state index in [-0.39, 0.29) is 11.2 Å². The van der Waals surface area contributed by atoms with Crippen LogP contribution in [0.5, 0.6) is 0 Å². The lowest BCUT2D eigenvalue weighted by atomic mass is 9.92. The van der Waals surface area contributed by atoms with Crippen LogP contribution in [0.2, 0.25) is 0 Å². The molecule has 0 N–H and O–H groups in total. The van der Waals surface area contributed by atoms with Crippen molar-refractivity contribution in [2.45, 2.75) is 26.5 Å². The van der Waals surface area contributed by atoms with Crippen molar-refractivity contribution in [1.82, 2.24) is 0 Å². The van der Waals surface area contributed by atoms with E-state index in [0.29, 0.717) is 5.75 Å². The zero-order chi connectivity index (χ0) is 10.6. The van der Waals surface area contributed by atoms with Gasteiger partial charge in [-0.2, -0.15) is 0 Å². The first-order valence-corrected chi connectivity index (χ1v) is 5.79. The number of thioether (sulfide) groups is 1. The molecular weight excluding hydrogens is 196 g/mol. The second-order valence-corrected chi connectivity index (χ2v) is 5.23. The molecule has 0 atom stereocenters. The number of hydrogen-bond acceptors (Lipinski definition) is 3. The molecular formula is C11H16O2S. The number of Topliss-reactive ketones (excluding diaryl/α,β-unsaturated/α-hetero) is 1. The SMILES string of the molecule is CC(C)(C)C(=O)CSCc1ccco1. The van der Waals surface area contributed by atoms with E-state index in [0.717, 1.165) is 11.5 Å². The predicted octanol–water partition coefficient (Wildman–Crippen LogP) is 3.13. The van der Waals surface area contributed by atoms with Crippen LogP contribution in [0, 0.1) is 5.41 Å². The fraction of sp³-hybridized carbons (Fsp3) is 0.545.